The minimum absolute atomic E-state index is 0.286. The monoisotopic (exact) mass is 439 g/mol. The van der Waals surface area contributed by atoms with Crippen LogP contribution < -0.4 is 4.74 Å². The molecule has 0 aliphatic carbocycles. The highest BCUT2D eigenvalue weighted by molar-refractivity contribution is 6.30. The van der Waals surface area contributed by atoms with E-state index in [1.54, 1.807) is 61.0 Å². The van der Waals surface area contributed by atoms with Crippen LogP contribution in [-0.4, -0.2) is 38.0 Å². The molecule has 4 rings (SSSR count). The number of carbonyl (C=O) groups is 1. The molecule has 0 amide bonds. The van der Waals surface area contributed by atoms with Crippen molar-refractivity contribution in [3.63, 3.8) is 0 Å². The summed E-state index contributed by atoms with van der Waals surface area (Å²) in [5.41, 5.74) is 1.94. The van der Waals surface area contributed by atoms with Gasteiger partial charge < -0.3 is 14.0 Å². The van der Waals surface area contributed by atoms with Crippen LogP contribution in [0.3, 0.4) is 0 Å². The van der Waals surface area contributed by atoms with Crippen molar-refractivity contribution >= 4 is 17.6 Å². The van der Waals surface area contributed by atoms with Crippen LogP contribution in [0.25, 0.3) is 22.8 Å². The summed E-state index contributed by atoms with van der Waals surface area (Å²) in [6.45, 7) is 1.78. The lowest BCUT2D eigenvalue weighted by Gasteiger charge is -2.10. The lowest BCUT2D eigenvalue weighted by atomic mass is 10.1. The van der Waals surface area contributed by atoms with E-state index in [0.717, 1.165) is 11.1 Å². The lowest BCUT2D eigenvalue weighted by Crippen LogP contribution is -2.08. The van der Waals surface area contributed by atoms with E-state index in [0.29, 0.717) is 28.1 Å². The predicted octanol–water partition coefficient (Wildman–Crippen LogP) is 4.11. The van der Waals surface area contributed by atoms with Crippen molar-refractivity contribution < 1.29 is 18.8 Å². The number of benzene rings is 2. The molecule has 0 unspecified atom stereocenters. The third-order valence-corrected chi connectivity index (χ3v) is 4.79. The smallest absolute Gasteiger partial charge is 0.337 e. The van der Waals surface area contributed by atoms with Gasteiger partial charge in [0.2, 0.25) is 5.82 Å². The van der Waals surface area contributed by atoms with Crippen LogP contribution in [-0.2, 0) is 11.8 Å². The highest BCUT2D eigenvalue weighted by atomic mass is 35.5. The maximum absolute atomic E-state index is 11.6. The molecule has 0 bridgehead atoms. The van der Waals surface area contributed by atoms with Crippen molar-refractivity contribution in [1.82, 2.24) is 24.9 Å². The Kier molecular flexibility index (Phi) is 5.68. The van der Waals surface area contributed by atoms with E-state index in [1.165, 1.54) is 7.11 Å². The summed E-state index contributed by atoms with van der Waals surface area (Å²) >= 11 is 6.02. The molecule has 0 spiro atoms. The number of aromatic nitrogens is 5. The van der Waals surface area contributed by atoms with Gasteiger partial charge in [-0.15, -0.1) is 5.10 Å². The molecule has 2 aromatic carbocycles. The van der Waals surface area contributed by atoms with Crippen molar-refractivity contribution in [2.45, 2.75) is 13.0 Å². The van der Waals surface area contributed by atoms with Crippen LogP contribution in [0.5, 0.6) is 6.01 Å². The molecule has 0 aliphatic heterocycles. The second kappa shape index (κ2) is 8.57. The minimum atomic E-state index is -0.533. The standard InChI is InChI=1S/C21H18ClN5O4/c1-12(17-23-19(31-26-17)15-5-4-6-16(22)11-15)30-21-25-24-18(27(21)2)13-7-9-14(10-8-13)20(28)29-3/h4-12H,1-3H3/t12-/m1/s1. The van der Waals surface area contributed by atoms with Crippen LogP contribution in [0.2, 0.25) is 5.02 Å². The van der Waals surface area contributed by atoms with Gasteiger partial charge in [-0.1, -0.05) is 40.1 Å². The molecular weight excluding hydrogens is 422 g/mol. The maximum atomic E-state index is 11.6. The zero-order chi connectivity index (χ0) is 22.0. The van der Waals surface area contributed by atoms with Crippen LogP contribution in [0.15, 0.2) is 53.1 Å². The van der Waals surface area contributed by atoms with E-state index in [9.17, 15) is 4.79 Å². The largest absolute Gasteiger partial charge is 0.465 e. The second-order valence-electron chi connectivity index (χ2n) is 6.66. The summed E-state index contributed by atoms with van der Waals surface area (Å²) in [5, 5.41) is 12.9. The Morgan fingerprint density at radius 1 is 1.13 bits per heavy atom. The molecule has 0 saturated heterocycles. The molecule has 1 atom stereocenters. The highest BCUT2D eigenvalue weighted by Crippen LogP contribution is 2.26. The maximum Gasteiger partial charge on any atom is 0.337 e. The Bertz CT molecular complexity index is 1220. The van der Waals surface area contributed by atoms with Gasteiger partial charge in [-0.05, 0) is 37.3 Å². The molecular formula is C21H18ClN5O4. The molecule has 0 radical (unpaired) electrons. The summed E-state index contributed by atoms with van der Waals surface area (Å²) < 4.78 is 17.6. The van der Waals surface area contributed by atoms with Gasteiger partial charge in [0.1, 0.15) is 0 Å². The molecule has 0 saturated carbocycles. The van der Waals surface area contributed by atoms with Gasteiger partial charge in [0, 0.05) is 23.2 Å². The summed E-state index contributed by atoms with van der Waals surface area (Å²) in [7, 11) is 3.12. The second-order valence-corrected chi connectivity index (χ2v) is 7.10. The van der Waals surface area contributed by atoms with E-state index in [1.807, 2.05) is 6.07 Å². The van der Waals surface area contributed by atoms with Gasteiger partial charge in [0.15, 0.2) is 11.9 Å². The van der Waals surface area contributed by atoms with Crippen LogP contribution in [0, 0.1) is 0 Å². The first kappa shape index (κ1) is 20.5. The third-order valence-electron chi connectivity index (χ3n) is 4.56. The zero-order valence-electron chi connectivity index (χ0n) is 16.9. The topological polar surface area (TPSA) is 105 Å². The number of esters is 1. The van der Waals surface area contributed by atoms with Gasteiger partial charge in [-0.2, -0.15) is 4.98 Å². The fourth-order valence-electron chi connectivity index (χ4n) is 2.89. The van der Waals surface area contributed by atoms with E-state index in [-0.39, 0.29) is 6.01 Å². The van der Waals surface area contributed by atoms with Gasteiger partial charge in [-0.25, -0.2) is 4.79 Å². The molecule has 4 aromatic rings. The van der Waals surface area contributed by atoms with Gasteiger partial charge in [-0.3, -0.25) is 4.57 Å². The number of ether oxygens (including phenoxy) is 2. The number of methoxy groups -OCH3 is 1. The molecule has 0 fully saturated rings. The van der Waals surface area contributed by atoms with E-state index in [2.05, 4.69) is 20.3 Å². The molecule has 0 N–H and O–H groups in total. The number of hydrogen-bond donors (Lipinski definition) is 0. The number of halogens is 1. The number of nitrogens with zero attached hydrogens (tertiary/aromatic N) is 5. The third kappa shape index (κ3) is 4.26. The Labute approximate surface area is 182 Å². The molecule has 2 heterocycles. The Balaban J connectivity index is 1.50. The van der Waals surface area contributed by atoms with Crippen molar-refractivity contribution in [1.29, 1.82) is 0 Å². The van der Waals surface area contributed by atoms with Crippen molar-refractivity contribution in [3.05, 3.63) is 64.9 Å². The molecule has 0 aliphatic rings. The molecule has 31 heavy (non-hydrogen) atoms. The SMILES string of the molecule is COC(=O)c1ccc(-c2nnc(O[C@H](C)c3noc(-c4cccc(Cl)c4)n3)n2C)cc1. The highest BCUT2D eigenvalue weighted by Gasteiger charge is 2.20. The molecule has 158 valence electrons. The Morgan fingerprint density at radius 2 is 1.90 bits per heavy atom. The first-order valence-corrected chi connectivity index (χ1v) is 9.68. The average Bonchev–Trinajstić information content (AvgIpc) is 3.41. The van der Waals surface area contributed by atoms with E-state index in [4.69, 9.17) is 25.6 Å². The summed E-state index contributed by atoms with van der Waals surface area (Å²) in [6.07, 6.45) is -0.533. The van der Waals surface area contributed by atoms with Crippen molar-refractivity contribution in [2.24, 2.45) is 7.05 Å². The Morgan fingerprint density at radius 3 is 2.61 bits per heavy atom. The summed E-state index contributed by atoms with van der Waals surface area (Å²) in [5.74, 6) is 0.880. The fourth-order valence-corrected chi connectivity index (χ4v) is 3.08. The first-order chi connectivity index (χ1) is 15.0. The number of hydrogen-bond acceptors (Lipinski definition) is 8. The number of rotatable bonds is 6. The average molecular weight is 440 g/mol. The Hall–Kier alpha value is -3.72. The summed E-state index contributed by atoms with van der Waals surface area (Å²) in [4.78, 5) is 16.0. The lowest BCUT2D eigenvalue weighted by molar-refractivity contribution is 0.0600. The molecule has 2 aromatic heterocycles. The van der Waals surface area contributed by atoms with Gasteiger partial charge in [0.05, 0.1) is 12.7 Å². The first-order valence-electron chi connectivity index (χ1n) is 9.30. The van der Waals surface area contributed by atoms with Crippen molar-refractivity contribution in [2.75, 3.05) is 7.11 Å². The van der Waals surface area contributed by atoms with Gasteiger partial charge in [0.25, 0.3) is 5.89 Å². The molecule has 9 nitrogen and oxygen atoms in total. The van der Waals surface area contributed by atoms with Crippen LogP contribution in [0.4, 0.5) is 0 Å². The van der Waals surface area contributed by atoms with Gasteiger partial charge >= 0.3 is 12.0 Å². The zero-order valence-corrected chi connectivity index (χ0v) is 17.7. The quantitative estimate of drug-likeness (QED) is 0.413. The van der Waals surface area contributed by atoms with Crippen LogP contribution in [0.1, 0.15) is 29.2 Å². The van der Waals surface area contributed by atoms with Crippen molar-refractivity contribution in [3.8, 4) is 28.9 Å². The molecule has 10 heteroatoms. The van der Waals surface area contributed by atoms with Crippen LogP contribution >= 0.6 is 11.6 Å². The number of carbonyl (C=O) groups excluding carboxylic acids is 1. The fraction of sp³-hybridized carbons (Fsp3) is 0.190. The van der Waals surface area contributed by atoms with E-state index < -0.39 is 12.1 Å². The minimum Gasteiger partial charge on any atom is -0.465 e. The predicted molar refractivity (Wildman–Crippen MR) is 112 cm³/mol. The normalized spacial score (nSPS) is 11.9. The van der Waals surface area contributed by atoms with E-state index >= 15 is 0 Å². The summed E-state index contributed by atoms with van der Waals surface area (Å²) in [6, 6.07) is 14.3.